The highest BCUT2D eigenvalue weighted by Crippen LogP contribution is 2.27. The summed E-state index contributed by atoms with van der Waals surface area (Å²) in [6, 6.07) is 5.59. The maximum atomic E-state index is 12.0. The molecule has 0 bridgehead atoms. The van der Waals surface area contributed by atoms with E-state index in [9.17, 15) is 4.79 Å². The predicted octanol–water partition coefficient (Wildman–Crippen LogP) is 4.62. The van der Waals surface area contributed by atoms with Gasteiger partial charge in [0.2, 0.25) is 5.91 Å². The van der Waals surface area contributed by atoms with Crippen LogP contribution in [0.4, 0.5) is 5.82 Å². The van der Waals surface area contributed by atoms with E-state index < -0.39 is 0 Å². The number of carbonyl (C=O) groups excluding carboxylic acids is 1. The highest BCUT2D eigenvalue weighted by Gasteiger charge is 2.30. The number of nitrogens with one attached hydrogen (secondary N) is 1. The van der Waals surface area contributed by atoms with Crippen LogP contribution in [-0.2, 0) is 4.79 Å². The van der Waals surface area contributed by atoms with Gasteiger partial charge in [-0.25, -0.2) is 4.98 Å². The fraction of sp³-hybridized carbons (Fsp3) is 0.381. The summed E-state index contributed by atoms with van der Waals surface area (Å²) < 4.78 is 0. The average molecular weight is 415 g/mol. The van der Waals surface area contributed by atoms with E-state index in [0.29, 0.717) is 11.0 Å². The van der Waals surface area contributed by atoms with Gasteiger partial charge in [-0.2, -0.15) is 15.3 Å². The van der Waals surface area contributed by atoms with Gasteiger partial charge in [-0.1, -0.05) is 38.4 Å². The third-order valence-corrected chi connectivity index (χ3v) is 4.63. The van der Waals surface area contributed by atoms with Crippen LogP contribution in [0, 0.1) is 19.8 Å². The van der Waals surface area contributed by atoms with E-state index in [0.717, 1.165) is 35.3 Å². The second-order valence-electron chi connectivity index (χ2n) is 6.56. The molecule has 29 heavy (non-hydrogen) atoms. The molecule has 1 aliphatic rings. The molecule has 0 saturated carbocycles. The zero-order chi connectivity index (χ0) is 21.4. The number of carbonyl (C=O) groups is 1. The highest BCUT2D eigenvalue weighted by atomic mass is 35.5. The SMILES string of the molecule is CC.Cc1ccc(Cl)nc1.Cc1cnncc1-c1cc(N2CCC(C)C2=O)n[nH]1. The second kappa shape index (κ2) is 10.7. The molecule has 1 amide bonds. The minimum Gasteiger partial charge on any atom is -0.295 e. The minimum atomic E-state index is 0.0875. The monoisotopic (exact) mass is 414 g/mol. The number of H-pyrrole nitrogens is 1. The first-order valence-electron chi connectivity index (χ1n) is 9.68. The molecule has 3 aromatic rings. The van der Waals surface area contributed by atoms with Crippen LogP contribution in [0.15, 0.2) is 36.8 Å². The fourth-order valence-electron chi connectivity index (χ4n) is 2.75. The molecule has 1 unspecified atom stereocenters. The van der Waals surface area contributed by atoms with Crippen LogP contribution in [0.1, 0.15) is 38.3 Å². The molecule has 0 radical (unpaired) electrons. The van der Waals surface area contributed by atoms with E-state index in [4.69, 9.17) is 11.6 Å². The number of rotatable bonds is 2. The van der Waals surface area contributed by atoms with Gasteiger partial charge < -0.3 is 0 Å². The van der Waals surface area contributed by atoms with Crippen LogP contribution in [0.5, 0.6) is 0 Å². The summed E-state index contributed by atoms with van der Waals surface area (Å²) in [6.07, 6.45) is 6.03. The topological polar surface area (TPSA) is 87.7 Å². The molecule has 1 aliphatic heterocycles. The maximum Gasteiger partial charge on any atom is 0.231 e. The van der Waals surface area contributed by atoms with Crippen LogP contribution in [0.3, 0.4) is 0 Å². The van der Waals surface area contributed by atoms with Crippen molar-refractivity contribution >= 4 is 23.3 Å². The summed E-state index contributed by atoms with van der Waals surface area (Å²) in [5.41, 5.74) is 3.96. The number of halogens is 1. The first-order valence-corrected chi connectivity index (χ1v) is 10.1. The van der Waals surface area contributed by atoms with Crippen molar-refractivity contribution in [1.29, 1.82) is 0 Å². The van der Waals surface area contributed by atoms with Crippen LogP contribution >= 0.6 is 11.6 Å². The maximum absolute atomic E-state index is 12.0. The first kappa shape index (κ1) is 22.5. The normalized spacial score (nSPS) is 15.3. The number of pyridine rings is 1. The molecular weight excluding hydrogens is 388 g/mol. The van der Waals surface area contributed by atoms with E-state index in [2.05, 4.69) is 25.4 Å². The van der Waals surface area contributed by atoms with Gasteiger partial charge in [-0.3, -0.25) is 14.8 Å². The van der Waals surface area contributed by atoms with Crippen molar-refractivity contribution in [3.8, 4) is 11.3 Å². The number of hydrogen-bond donors (Lipinski definition) is 1. The van der Waals surface area contributed by atoms with Gasteiger partial charge in [0.25, 0.3) is 0 Å². The summed E-state index contributed by atoms with van der Waals surface area (Å²) >= 11 is 5.50. The summed E-state index contributed by atoms with van der Waals surface area (Å²) in [6.45, 7) is 10.6. The Morgan fingerprint density at radius 1 is 1.14 bits per heavy atom. The highest BCUT2D eigenvalue weighted by molar-refractivity contribution is 6.29. The number of aryl methyl sites for hydroxylation is 2. The molecule has 1 N–H and O–H groups in total. The molecule has 3 aromatic heterocycles. The lowest BCUT2D eigenvalue weighted by molar-refractivity contribution is -0.119. The fourth-order valence-corrected chi connectivity index (χ4v) is 2.86. The van der Waals surface area contributed by atoms with Crippen molar-refractivity contribution in [3.63, 3.8) is 0 Å². The summed E-state index contributed by atoms with van der Waals surface area (Å²) in [4.78, 5) is 17.5. The Kier molecular flexibility index (Phi) is 8.27. The first-order chi connectivity index (χ1) is 14.0. The Balaban J connectivity index is 0.000000252. The van der Waals surface area contributed by atoms with Gasteiger partial charge in [-0.05, 0) is 37.5 Å². The minimum absolute atomic E-state index is 0.0875. The number of nitrogens with zero attached hydrogens (tertiary/aromatic N) is 5. The lowest BCUT2D eigenvalue weighted by atomic mass is 10.1. The Morgan fingerprint density at radius 3 is 2.41 bits per heavy atom. The Labute approximate surface area is 176 Å². The van der Waals surface area contributed by atoms with Crippen LogP contribution < -0.4 is 4.90 Å². The van der Waals surface area contributed by atoms with Crippen molar-refractivity contribution in [2.75, 3.05) is 11.4 Å². The number of aromatic amines is 1. The molecule has 1 atom stereocenters. The predicted molar refractivity (Wildman–Crippen MR) is 116 cm³/mol. The van der Waals surface area contributed by atoms with E-state index in [1.54, 1.807) is 29.6 Å². The van der Waals surface area contributed by atoms with Gasteiger partial charge in [-0.15, -0.1) is 0 Å². The Hall–Kier alpha value is -2.80. The van der Waals surface area contributed by atoms with Gasteiger partial charge in [0.1, 0.15) is 5.15 Å². The number of hydrogen-bond acceptors (Lipinski definition) is 5. The smallest absolute Gasteiger partial charge is 0.231 e. The largest absolute Gasteiger partial charge is 0.295 e. The Morgan fingerprint density at radius 2 is 1.86 bits per heavy atom. The zero-order valence-electron chi connectivity index (χ0n) is 17.5. The van der Waals surface area contributed by atoms with Crippen molar-refractivity contribution in [3.05, 3.63) is 53.1 Å². The van der Waals surface area contributed by atoms with E-state index in [1.807, 2.05) is 46.8 Å². The second-order valence-corrected chi connectivity index (χ2v) is 6.95. The third-order valence-electron chi connectivity index (χ3n) is 4.41. The van der Waals surface area contributed by atoms with E-state index >= 15 is 0 Å². The molecule has 1 fully saturated rings. The summed E-state index contributed by atoms with van der Waals surface area (Å²) in [7, 11) is 0. The zero-order valence-corrected chi connectivity index (χ0v) is 18.2. The van der Waals surface area contributed by atoms with Crippen molar-refractivity contribution in [2.24, 2.45) is 5.92 Å². The molecule has 0 aromatic carbocycles. The lowest BCUT2D eigenvalue weighted by Gasteiger charge is -2.11. The molecule has 1 saturated heterocycles. The van der Waals surface area contributed by atoms with Crippen LogP contribution in [-0.4, -0.2) is 37.8 Å². The van der Waals surface area contributed by atoms with Crippen molar-refractivity contribution in [2.45, 2.75) is 41.0 Å². The van der Waals surface area contributed by atoms with Gasteiger partial charge >= 0.3 is 0 Å². The third kappa shape index (κ3) is 5.84. The lowest BCUT2D eigenvalue weighted by Crippen LogP contribution is -2.26. The number of amides is 1. The summed E-state index contributed by atoms with van der Waals surface area (Å²) in [5, 5.41) is 15.5. The average Bonchev–Trinajstić information content (AvgIpc) is 3.34. The van der Waals surface area contributed by atoms with Crippen LogP contribution in [0.25, 0.3) is 11.3 Å². The van der Waals surface area contributed by atoms with Crippen LogP contribution in [0.2, 0.25) is 5.15 Å². The van der Waals surface area contributed by atoms with Gasteiger partial charge in [0.15, 0.2) is 5.82 Å². The molecule has 154 valence electrons. The molecule has 0 aliphatic carbocycles. The summed E-state index contributed by atoms with van der Waals surface area (Å²) in [5.74, 6) is 0.910. The molecule has 7 nitrogen and oxygen atoms in total. The Bertz CT molecular complexity index is 904. The van der Waals surface area contributed by atoms with E-state index in [-0.39, 0.29) is 11.8 Å². The molecule has 8 heteroatoms. The molecule has 0 spiro atoms. The van der Waals surface area contributed by atoms with Crippen molar-refractivity contribution < 1.29 is 4.79 Å². The van der Waals surface area contributed by atoms with Gasteiger partial charge in [0.05, 0.1) is 18.1 Å². The van der Waals surface area contributed by atoms with E-state index in [1.165, 1.54) is 0 Å². The molecule has 4 heterocycles. The number of aromatic nitrogens is 5. The van der Waals surface area contributed by atoms with Gasteiger partial charge in [0, 0.05) is 30.3 Å². The standard InChI is InChI=1S/C13H15N5O.C6H6ClN.C2H6/c1-8-3-4-18(13(8)19)12-5-11(16-17-12)10-7-15-14-6-9(10)2;1-5-2-3-6(7)8-4-5;1-2/h5-8H,3-4H2,1-2H3,(H,16,17);2-4H,1H3;1-2H3. The van der Waals surface area contributed by atoms with Crippen molar-refractivity contribution in [1.82, 2.24) is 25.4 Å². The number of anilines is 1. The molecule has 4 rings (SSSR count). The molecular formula is C21H27ClN6O. The quantitative estimate of drug-likeness (QED) is 0.618.